The maximum absolute atomic E-state index is 12.3. The monoisotopic (exact) mass is 394 g/mol. The van der Waals surface area contributed by atoms with Crippen molar-refractivity contribution in [3.8, 4) is 22.8 Å². The molecule has 28 heavy (non-hydrogen) atoms. The second kappa shape index (κ2) is 9.71. The molecule has 0 aliphatic carbocycles. The Labute approximate surface area is 168 Å². The number of rotatable bonds is 8. The number of hydrogen-bond acceptors (Lipinski definition) is 5. The van der Waals surface area contributed by atoms with Crippen molar-refractivity contribution in [2.45, 2.75) is 13.3 Å². The fraction of sp³-hybridized carbons (Fsp3) is 0.182. The van der Waals surface area contributed by atoms with Crippen LogP contribution in [-0.2, 0) is 4.79 Å². The quantitative estimate of drug-likeness (QED) is 0.530. The predicted molar refractivity (Wildman–Crippen MR) is 114 cm³/mol. The molecule has 0 radical (unpaired) electrons. The Hall–Kier alpha value is -3.12. The SMILES string of the molecule is CCCOc1ccccc1/C=C/C(=O)Nc1nc(-c2cccc(OC)c2)cs1. The van der Waals surface area contributed by atoms with Crippen LogP contribution >= 0.6 is 11.3 Å². The standard InChI is InChI=1S/C22H22N2O3S/c1-3-13-27-20-10-5-4-7-16(20)11-12-21(25)24-22-23-19(15-28-22)17-8-6-9-18(14-17)26-2/h4-12,14-15H,3,13H2,1-2H3,(H,23,24,25)/b12-11+. The van der Waals surface area contributed by atoms with Gasteiger partial charge in [0.05, 0.1) is 19.4 Å². The lowest BCUT2D eigenvalue weighted by Crippen LogP contribution is -2.07. The number of carbonyl (C=O) groups is 1. The number of aromatic nitrogens is 1. The molecule has 1 amide bonds. The summed E-state index contributed by atoms with van der Waals surface area (Å²) in [5.41, 5.74) is 2.59. The number of benzene rings is 2. The summed E-state index contributed by atoms with van der Waals surface area (Å²) in [7, 11) is 1.63. The van der Waals surface area contributed by atoms with Gasteiger partial charge in [0.25, 0.3) is 0 Å². The van der Waals surface area contributed by atoms with E-state index in [9.17, 15) is 4.79 Å². The van der Waals surface area contributed by atoms with Gasteiger partial charge in [-0.2, -0.15) is 0 Å². The van der Waals surface area contributed by atoms with E-state index in [2.05, 4.69) is 17.2 Å². The van der Waals surface area contributed by atoms with Crippen molar-refractivity contribution in [2.24, 2.45) is 0 Å². The maximum Gasteiger partial charge on any atom is 0.250 e. The molecule has 5 nitrogen and oxygen atoms in total. The second-order valence-corrected chi connectivity index (χ2v) is 6.84. The summed E-state index contributed by atoms with van der Waals surface area (Å²) in [5.74, 6) is 1.29. The molecule has 0 aliphatic heterocycles. The largest absolute Gasteiger partial charge is 0.497 e. The lowest BCUT2D eigenvalue weighted by molar-refractivity contribution is -0.111. The Morgan fingerprint density at radius 2 is 2.07 bits per heavy atom. The summed E-state index contributed by atoms with van der Waals surface area (Å²) in [6.45, 7) is 2.70. The number of nitrogens with one attached hydrogen (secondary N) is 1. The second-order valence-electron chi connectivity index (χ2n) is 5.98. The van der Waals surface area contributed by atoms with Crippen LogP contribution in [0.15, 0.2) is 60.0 Å². The van der Waals surface area contributed by atoms with E-state index in [-0.39, 0.29) is 5.91 Å². The van der Waals surface area contributed by atoms with Gasteiger partial charge in [0.2, 0.25) is 5.91 Å². The van der Waals surface area contributed by atoms with E-state index >= 15 is 0 Å². The molecule has 0 aliphatic rings. The summed E-state index contributed by atoms with van der Waals surface area (Å²) >= 11 is 1.38. The third-order valence-electron chi connectivity index (χ3n) is 3.89. The van der Waals surface area contributed by atoms with Crippen LogP contribution in [0.1, 0.15) is 18.9 Å². The molecule has 1 heterocycles. The smallest absolute Gasteiger partial charge is 0.250 e. The highest BCUT2D eigenvalue weighted by molar-refractivity contribution is 7.14. The van der Waals surface area contributed by atoms with Gasteiger partial charge in [-0.3, -0.25) is 10.1 Å². The summed E-state index contributed by atoms with van der Waals surface area (Å²) in [6.07, 6.45) is 4.16. The molecular weight excluding hydrogens is 372 g/mol. The fourth-order valence-corrected chi connectivity index (χ4v) is 3.24. The Kier molecular flexibility index (Phi) is 6.81. The van der Waals surface area contributed by atoms with Gasteiger partial charge >= 0.3 is 0 Å². The van der Waals surface area contributed by atoms with Gasteiger partial charge in [-0.1, -0.05) is 37.3 Å². The van der Waals surface area contributed by atoms with Crippen LogP contribution in [-0.4, -0.2) is 24.6 Å². The van der Waals surface area contributed by atoms with E-state index in [1.54, 1.807) is 13.2 Å². The van der Waals surface area contributed by atoms with Crippen molar-refractivity contribution in [3.63, 3.8) is 0 Å². The molecule has 3 aromatic rings. The Bertz CT molecular complexity index is 966. The number of nitrogens with zero attached hydrogens (tertiary/aromatic N) is 1. The number of hydrogen-bond donors (Lipinski definition) is 1. The molecule has 2 aromatic carbocycles. The molecule has 1 N–H and O–H groups in total. The minimum atomic E-state index is -0.239. The van der Waals surface area contributed by atoms with Crippen LogP contribution < -0.4 is 14.8 Å². The van der Waals surface area contributed by atoms with Gasteiger partial charge in [-0.05, 0) is 30.7 Å². The molecular formula is C22H22N2O3S. The van der Waals surface area contributed by atoms with Crippen LogP contribution in [0.3, 0.4) is 0 Å². The van der Waals surface area contributed by atoms with Crippen molar-refractivity contribution >= 4 is 28.5 Å². The van der Waals surface area contributed by atoms with Crippen molar-refractivity contribution < 1.29 is 14.3 Å². The van der Waals surface area contributed by atoms with Crippen molar-refractivity contribution in [3.05, 3.63) is 65.6 Å². The fourth-order valence-electron chi connectivity index (χ4n) is 2.52. The predicted octanol–water partition coefficient (Wildman–Crippen LogP) is 5.26. The Balaban J connectivity index is 1.66. The normalized spacial score (nSPS) is 10.8. The summed E-state index contributed by atoms with van der Waals surface area (Å²) in [4.78, 5) is 16.7. The molecule has 3 rings (SSSR count). The van der Waals surface area contributed by atoms with Crippen molar-refractivity contribution in [1.82, 2.24) is 4.98 Å². The zero-order chi connectivity index (χ0) is 19.8. The molecule has 0 saturated heterocycles. The molecule has 144 valence electrons. The third kappa shape index (κ3) is 5.20. The third-order valence-corrected chi connectivity index (χ3v) is 4.65. The molecule has 1 aromatic heterocycles. The number of thiazole rings is 1. The molecule has 0 fully saturated rings. The number of carbonyl (C=O) groups excluding carboxylic acids is 1. The molecule has 0 spiro atoms. The van der Waals surface area contributed by atoms with Gasteiger partial charge < -0.3 is 9.47 Å². The van der Waals surface area contributed by atoms with Gasteiger partial charge in [-0.25, -0.2) is 4.98 Å². The molecule has 0 saturated carbocycles. The van der Waals surface area contributed by atoms with Gasteiger partial charge in [0.1, 0.15) is 11.5 Å². The maximum atomic E-state index is 12.3. The highest BCUT2D eigenvalue weighted by Gasteiger charge is 2.08. The van der Waals surface area contributed by atoms with Crippen LogP contribution in [0.4, 0.5) is 5.13 Å². The average molecular weight is 394 g/mol. The molecule has 0 atom stereocenters. The first-order chi connectivity index (χ1) is 13.7. The van der Waals surface area contributed by atoms with Crippen LogP contribution in [0.25, 0.3) is 17.3 Å². The average Bonchev–Trinajstić information content (AvgIpc) is 3.19. The Morgan fingerprint density at radius 1 is 1.21 bits per heavy atom. The number of amides is 1. The van der Waals surface area contributed by atoms with Crippen molar-refractivity contribution in [1.29, 1.82) is 0 Å². The summed E-state index contributed by atoms with van der Waals surface area (Å²) in [5, 5.41) is 5.25. The van der Waals surface area contributed by atoms with Crippen LogP contribution in [0, 0.1) is 0 Å². The topological polar surface area (TPSA) is 60.5 Å². The van der Waals surface area contributed by atoms with Crippen LogP contribution in [0.5, 0.6) is 11.5 Å². The zero-order valence-corrected chi connectivity index (χ0v) is 16.7. The minimum absolute atomic E-state index is 0.239. The van der Waals surface area contributed by atoms with E-state index in [0.717, 1.165) is 34.7 Å². The van der Waals surface area contributed by atoms with Crippen LogP contribution in [0.2, 0.25) is 0 Å². The van der Waals surface area contributed by atoms with Gasteiger partial charge in [0, 0.05) is 22.6 Å². The lowest BCUT2D eigenvalue weighted by atomic mass is 10.2. The lowest BCUT2D eigenvalue weighted by Gasteiger charge is -2.07. The van der Waals surface area contributed by atoms with E-state index in [4.69, 9.17) is 9.47 Å². The van der Waals surface area contributed by atoms with E-state index in [1.165, 1.54) is 17.4 Å². The van der Waals surface area contributed by atoms with Gasteiger partial charge in [0.15, 0.2) is 5.13 Å². The van der Waals surface area contributed by atoms with Gasteiger partial charge in [-0.15, -0.1) is 11.3 Å². The zero-order valence-electron chi connectivity index (χ0n) is 15.8. The first kappa shape index (κ1) is 19.6. The molecule has 0 unspecified atom stereocenters. The number of para-hydroxylation sites is 1. The van der Waals surface area contributed by atoms with Crippen molar-refractivity contribution in [2.75, 3.05) is 19.0 Å². The number of ether oxygens (including phenoxy) is 2. The molecule has 6 heteroatoms. The first-order valence-corrected chi connectivity index (χ1v) is 9.88. The first-order valence-electron chi connectivity index (χ1n) is 9.00. The van der Waals surface area contributed by atoms with E-state index in [1.807, 2.05) is 53.9 Å². The summed E-state index contributed by atoms with van der Waals surface area (Å²) in [6, 6.07) is 15.3. The van der Waals surface area contributed by atoms with E-state index in [0.29, 0.717) is 11.7 Å². The highest BCUT2D eigenvalue weighted by atomic mass is 32.1. The minimum Gasteiger partial charge on any atom is -0.497 e. The van der Waals surface area contributed by atoms with E-state index < -0.39 is 0 Å². The highest BCUT2D eigenvalue weighted by Crippen LogP contribution is 2.27. The summed E-state index contributed by atoms with van der Waals surface area (Å²) < 4.78 is 10.9. The number of anilines is 1. The molecule has 0 bridgehead atoms. The number of methoxy groups -OCH3 is 1. The Morgan fingerprint density at radius 3 is 2.89 bits per heavy atom.